The Hall–Kier alpha value is -4.68. The number of aryl methyl sites for hydroxylation is 1. The first-order valence-electron chi connectivity index (χ1n) is 10.6. The van der Waals surface area contributed by atoms with Crippen LogP contribution < -0.4 is 20.3 Å². The lowest BCUT2D eigenvalue weighted by Crippen LogP contribution is -2.24. The van der Waals surface area contributed by atoms with Gasteiger partial charge < -0.3 is 14.8 Å². The summed E-state index contributed by atoms with van der Waals surface area (Å²) in [7, 11) is 2.59. The minimum atomic E-state index is -3.05. The molecule has 1 N–H and O–H groups in total. The van der Waals surface area contributed by atoms with Crippen LogP contribution in [0.2, 0.25) is 0 Å². The van der Waals surface area contributed by atoms with Crippen LogP contribution in [0.25, 0.3) is 17.1 Å². The predicted molar refractivity (Wildman–Crippen MR) is 124 cm³/mol. The minimum absolute atomic E-state index is 0.0339. The van der Waals surface area contributed by atoms with E-state index < -0.39 is 41.0 Å². The molecule has 0 aliphatic rings. The van der Waals surface area contributed by atoms with Crippen LogP contribution in [-0.4, -0.2) is 39.0 Å². The molecule has 1 amide bonds. The van der Waals surface area contributed by atoms with E-state index in [-0.39, 0.29) is 28.6 Å². The van der Waals surface area contributed by atoms with Gasteiger partial charge in [0.1, 0.15) is 34.5 Å². The molecule has 0 aliphatic carbocycles. The van der Waals surface area contributed by atoms with Gasteiger partial charge in [-0.2, -0.15) is 13.5 Å². The number of hydrogen-bond acceptors (Lipinski definition) is 6. The van der Waals surface area contributed by atoms with Crippen molar-refractivity contribution < 1.29 is 31.8 Å². The zero-order valence-corrected chi connectivity index (χ0v) is 19.6. The van der Waals surface area contributed by atoms with Gasteiger partial charge in [0.2, 0.25) is 0 Å². The zero-order valence-electron chi connectivity index (χ0n) is 19.6. The molecule has 0 fully saturated rings. The highest BCUT2D eigenvalue weighted by atomic mass is 19.3. The molecule has 0 bridgehead atoms. The molecule has 4 aromatic rings. The third kappa shape index (κ3) is 5.01. The van der Waals surface area contributed by atoms with Crippen molar-refractivity contribution in [2.45, 2.75) is 13.5 Å². The molecule has 37 heavy (non-hydrogen) atoms. The summed E-state index contributed by atoms with van der Waals surface area (Å²) in [5.74, 6) is -3.19. The fraction of sp³-hybridized carbons (Fsp3) is 0.167. The maximum Gasteiger partial charge on any atom is 0.387 e. The van der Waals surface area contributed by atoms with Crippen LogP contribution >= 0.6 is 0 Å². The molecular weight excluding hydrogens is 498 g/mol. The Kier molecular flexibility index (Phi) is 6.96. The van der Waals surface area contributed by atoms with Gasteiger partial charge in [-0.3, -0.25) is 19.3 Å². The molecular formula is C24H19F4N5O4. The Morgan fingerprint density at radius 1 is 1.05 bits per heavy atom. The largest absolute Gasteiger partial charge is 0.497 e. The number of amides is 1. The molecule has 0 unspecified atom stereocenters. The molecule has 9 nitrogen and oxygen atoms in total. The molecule has 2 aromatic heterocycles. The van der Waals surface area contributed by atoms with Gasteiger partial charge in [-0.1, -0.05) is 0 Å². The lowest BCUT2D eigenvalue weighted by molar-refractivity contribution is -0.0498. The van der Waals surface area contributed by atoms with E-state index >= 15 is 8.78 Å². The number of anilines is 1. The van der Waals surface area contributed by atoms with Crippen LogP contribution in [0, 0.1) is 18.6 Å². The quantitative estimate of drug-likeness (QED) is 0.371. The van der Waals surface area contributed by atoms with Crippen LogP contribution in [0.3, 0.4) is 0 Å². The van der Waals surface area contributed by atoms with E-state index in [1.807, 2.05) is 0 Å². The zero-order chi connectivity index (χ0) is 26.9. The highest BCUT2D eigenvalue weighted by molar-refractivity contribution is 6.06. The molecule has 0 saturated heterocycles. The van der Waals surface area contributed by atoms with Gasteiger partial charge in [-0.05, 0) is 31.2 Å². The standard InChI is InChI=1S/C24H19F4N5O4/c1-12-10-29-11-18(30-12)33-23(35)20(31-22(34)13-4-6-14(7-5-13)37-24(27)28)21(32(33)2)19-16(25)8-15(36-3)9-17(19)26/h4-11,24H,1-3H3,(H,31,34). The monoisotopic (exact) mass is 517 g/mol. The lowest BCUT2D eigenvalue weighted by atomic mass is 10.1. The second kappa shape index (κ2) is 10.1. The first kappa shape index (κ1) is 25.4. The number of halogens is 4. The summed E-state index contributed by atoms with van der Waals surface area (Å²) in [6.07, 6.45) is 2.72. The molecule has 2 aromatic carbocycles. The maximum absolute atomic E-state index is 15.1. The van der Waals surface area contributed by atoms with E-state index in [0.717, 1.165) is 33.6 Å². The summed E-state index contributed by atoms with van der Waals surface area (Å²) in [6.45, 7) is -1.41. The highest BCUT2D eigenvalue weighted by Crippen LogP contribution is 2.34. The lowest BCUT2D eigenvalue weighted by Gasteiger charge is -2.13. The first-order chi connectivity index (χ1) is 17.6. The van der Waals surface area contributed by atoms with Gasteiger partial charge in [-0.25, -0.2) is 13.8 Å². The van der Waals surface area contributed by atoms with Crippen molar-refractivity contribution in [3.63, 3.8) is 0 Å². The number of aromatic nitrogens is 4. The summed E-state index contributed by atoms with van der Waals surface area (Å²) in [4.78, 5) is 34.7. The van der Waals surface area contributed by atoms with Crippen molar-refractivity contribution in [1.82, 2.24) is 19.3 Å². The molecule has 0 radical (unpaired) electrons. The van der Waals surface area contributed by atoms with E-state index in [1.54, 1.807) is 6.92 Å². The van der Waals surface area contributed by atoms with Gasteiger partial charge in [-0.15, -0.1) is 0 Å². The van der Waals surface area contributed by atoms with Crippen molar-refractivity contribution in [3.05, 3.63) is 82.0 Å². The number of nitrogens with zero attached hydrogens (tertiary/aromatic N) is 4. The molecule has 0 spiro atoms. The van der Waals surface area contributed by atoms with E-state index in [0.29, 0.717) is 5.69 Å². The second-order valence-electron chi connectivity index (χ2n) is 7.71. The average Bonchev–Trinajstić information content (AvgIpc) is 3.07. The normalized spacial score (nSPS) is 11.0. The summed E-state index contributed by atoms with van der Waals surface area (Å²) in [5, 5.41) is 2.39. The Balaban J connectivity index is 1.87. The topological polar surface area (TPSA) is 100 Å². The van der Waals surface area contributed by atoms with Crippen LogP contribution in [-0.2, 0) is 7.05 Å². The maximum atomic E-state index is 15.1. The fourth-order valence-corrected chi connectivity index (χ4v) is 3.68. The van der Waals surface area contributed by atoms with Crippen molar-refractivity contribution >= 4 is 11.6 Å². The van der Waals surface area contributed by atoms with Crippen LogP contribution in [0.5, 0.6) is 11.5 Å². The van der Waals surface area contributed by atoms with E-state index in [9.17, 15) is 18.4 Å². The Bertz CT molecular complexity index is 1510. The molecule has 2 heterocycles. The van der Waals surface area contributed by atoms with E-state index in [2.05, 4.69) is 20.0 Å². The summed E-state index contributed by atoms with van der Waals surface area (Å²) in [5.41, 5.74) is -1.77. The van der Waals surface area contributed by atoms with Gasteiger partial charge in [0.05, 0.1) is 24.6 Å². The Morgan fingerprint density at radius 2 is 1.70 bits per heavy atom. The van der Waals surface area contributed by atoms with Crippen LogP contribution in [0.4, 0.5) is 23.2 Å². The van der Waals surface area contributed by atoms with Crippen molar-refractivity contribution in [1.29, 1.82) is 0 Å². The van der Waals surface area contributed by atoms with E-state index in [4.69, 9.17) is 4.74 Å². The number of alkyl halides is 2. The Labute approximate surface area is 206 Å². The number of rotatable bonds is 7. The van der Waals surface area contributed by atoms with E-state index in [1.165, 1.54) is 38.7 Å². The third-order valence-electron chi connectivity index (χ3n) is 5.29. The van der Waals surface area contributed by atoms with Gasteiger partial charge >= 0.3 is 6.61 Å². The summed E-state index contributed by atoms with van der Waals surface area (Å²) >= 11 is 0. The number of carbonyl (C=O) groups is 1. The predicted octanol–water partition coefficient (Wildman–Crippen LogP) is 4.08. The molecule has 0 atom stereocenters. The summed E-state index contributed by atoms with van der Waals surface area (Å²) in [6, 6.07) is 6.51. The Morgan fingerprint density at radius 3 is 2.27 bits per heavy atom. The number of carbonyl (C=O) groups excluding carboxylic acids is 1. The highest BCUT2D eigenvalue weighted by Gasteiger charge is 2.28. The first-order valence-corrected chi connectivity index (χ1v) is 10.6. The molecule has 192 valence electrons. The van der Waals surface area contributed by atoms with Crippen LogP contribution in [0.1, 0.15) is 16.1 Å². The molecule has 4 rings (SSSR count). The number of ether oxygens (including phenoxy) is 2. The van der Waals surface area contributed by atoms with Gasteiger partial charge in [0.15, 0.2) is 5.82 Å². The summed E-state index contributed by atoms with van der Waals surface area (Å²) < 4.78 is 66.3. The smallest absolute Gasteiger partial charge is 0.387 e. The van der Waals surface area contributed by atoms with Crippen LogP contribution in [0.15, 0.2) is 53.6 Å². The number of methoxy groups -OCH3 is 1. The fourth-order valence-electron chi connectivity index (χ4n) is 3.68. The average molecular weight is 517 g/mol. The SMILES string of the molecule is COc1cc(F)c(-c2c(NC(=O)c3ccc(OC(F)F)cc3)c(=O)n(-c3cncc(C)n3)n2C)c(F)c1. The number of nitrogens with one attached hydrogen (secondary N) is 1. The second-order valence-corrected chi connectivity index (χ2v) is 7.71. The number of hydrogen-bond donors (Lipinski definition) is 1. The van der Waals surface area contributed by atoms with Crippen molar-refractivity contribution in [2.75, 3.05) is 12.4 Å². The van der Waals surface area contributed by atoms with Crippen molar-refractivity contribution in [2.24, 2.45) is 7.05 Å². The van der Waals surface area contributed by atoms with Gasteiger partial charge in [0.25, 0.3) is 11.5 Å². The van der Waals surface area contributed by atoms with Gasteiger partial charge in [0, 0.05) is 30.9 Å². The molecule has 0 aliphatic heterocycles. The number of benzene rings is 2. The minimum Gasteiger partial charge on any atom is -0.497 e. The molecule has 0 saturated carbocycles. The third-order valence-corrected chi connectivity index (χ3v) is 5.29. The molecule has 13 heteroatoms. The van der Waals surface area contributed by atoms with Crippen molar-refractivity contribution in [3.8, 4) is 28.6 Å².